The van der Waals surface area contributed by atoms with Crippen LogP contribution in [0.25, 0.3) is 0 Å². The quantitative estimate of drug-likeness (QED) is 0.503. The van der Waals surface area contributed by atoms with Crippen LogP contribution in [0, 0.1) is 0 Å². The molecule has 0 radical (unpaired) electrons. The van der Waals surface area contributed by atoms with Crippen LogP contribution in [0.3, 0.4) is 0 Å². The van der Waals surface area contributed by atoms with Crippen molar-refractivity contribution < 1.29 is 4.79 Å². The van der Waals surface area contributed by atoms with Crippen LogP contribution in [0.15, 0.2) is 11.1 Å². The summed E-state index contributed by atoms with van der Waals surface area (Å²) < 4.78 is 0. The van der Waals surface area contributed by atoms with Gasteiger partial charge in [0.1, 0.15) is 0 Å². The SMILES string of the molecule is O=C1CCCCC1=C1CCCC1. The molecule has 0 N–H and O–H groups in total. The molecule has 0 aromatic carbocycles. The number of carbonyl (C=O) groups excluding carboxylic acids is 1. The van der Waals surface area contributed by atoms with Crippen LogP contribution >= 0.6 is 0 Å². The average molecular weight is 164 g/mol. The van der Waals surface area contributed by atoms with E-state index in [1.54, 1.807) is 0 Å². The maximum Gasteiger partial charge on any atom is 0.158 e. The molecule has 2 fully saturated rings. The molecule has 2 rings (SSSR count). The van der Waals surface area contributed by atoms with Gasteiger partial charge in [-0.3, -0.25) is 4.79 Å². The van der Waals surface area contributed by atoms with E-state index in [1.165, 1.54) is 43.3 Å². The summed E-state index contributed by atoms with van der Waals surface area (Å²) in [5, 5.41) is 0. The highest BCUT2D eigenvalue weighted by Crippen LogP contribution is 2.32. The van der Waals surface area contributed by atoms with E-state index in [4.69, 9.17) is 0 Å². The number of Topliss-reactive ketones (excluding diaryl/α,β-unsaturated/α-hetero) is 1. The number of ketones is 1. The van der Waals surface area contributed by atoms with Gasteiger partial charge >= 0.3 is 0 Å². The van der Waals surface area contributed by atoms with Gasteiger partial charge in [0.25, 0.3) is 0 Å². The Morgan fingerprint density at radius 3 is 2.00 bits per heavy atom. The van der Waals surface area contributed by atoms with Crippen LogP contribution in [0.2, 0.25) is 0 Å². The zero-order valence-corrected chi connectivity index (χ0v) is 7.57. The van der Waals surface area contributed by atoms with E-state index in [9.17, 15) is 4.79 Å². The molecular formula is C11H16O. The van der Waals surface area contributed by atoms with Gasteiger partial charge in [-0.05, 0) is 50.5 Å². The zero-order chi connectivity index (χ0) is 8.39. The topological polar surface area (TPSA) is 17.1 Å². The summed E-state index contributed by atoms with van der Waals surface area (Å²) in [6.45, 7) is 0. The van der Waals surface area contributed by atoms with Crippen molar-refractivity contribution in [1.29, 1.82) is 0 Å². The lowest BCUT2D eigenvalue weighted by Gasteiger charge is -2.15. The predicted octanol–water partition coefficient (Wildman–Crippen LogP) is 3.00. The first-order valence-electron chi connectivity index (χ1n) is 5.12. The molecule has 66 valence electrons. The smallest absolute Gasteiger partial charge is 0.158 e. The molecule has 1 nitrogen and oxygen atoms in total. The van der Waals surface area contributed by atoms with Crippen LogP contribution in [-0.2, 0) is 4.79 Å². The van der Waals surface area contributed by atoms with Gasteiger partial charge in [0.05, 0.1) is 0 Å². The van der Waals surface area contributed by atoms with Crippen molar-refractivity contribution in [3.8, 4) is 0 Å². The minimum Gasteiger partial charge on any atom is -0.295 e. The minimum atomic E-state index is 0.457. The lowest BCUT2D eigenvalue weighted by molar-refractivity contribution is -0.116. The molecule has 0 saturated heterocycles. The van der Waals surface area contributed by atoms with Crippen molar-refractivity contribution in [1.82, 2.24) is 0 Å². The molecule has 0 bridgehead atoms. The van der Waals surface area contributed by atoms with Gasteiger partial charge in [0, 0.05) is 6.42 Å². The predicted molar refractivity (Wildman–Crippen MR) is 49.0 cm³/mol. The largest absolute Gasteiger partial charge is 0.295 e. The Balaban J connectivity index is 2.18. The van der Waals surface area contributed by atoms with Gasteiger partial charge in [-0.2, -0.15) is 0 Å². The summed E-state index contributed by atoms with van der Waals surface area (Å²) >= 11 is 0. The second-order valence-electron chi connectivity index (χ2n) is 3.92. The highest BCUT2D eigenvalue weighted by Gasteiger charge is 2.20. The highest BCUT2D eigenvalue weighted by atomic mass is 16.1. The Morgan fingerprint density at radius 1 is 0.750 bits per heavy atom. The first kappa shape index (κ1) is 8.03. The Hall–Kier alpha value is -0.590. The fraction of sp³-hybridized carbons (Fsp3) is 0.727. The van der Waals surface area contributed by atoms with E-state index < -0.39 is 0 Å². The molecule has 0 spiro atoms. The molecule has 12 heavy (non-hydrogen) atoms. The molecule has 1 heteroatoms. The second-order valence-corrected chi connectivity index (χ2v) is 3.92. The van der Waals surface area contributed by atoms with Gasteiger partial charge in [-0.15, -0.1) is 0 Å². The summed E-state index contributed by atoms with van der Waals surface area (Å²) in [5.74, 6) is 0.457. The molecule has 0 aliphatic heterocycles. The molecule has 2 saturated carbocycles. The fourth-order valence-corrected chi connectivity index (χ4v) is 2.36. The van der Waals surface area contributed by atoms with Crippen LogP contribution in [0.5, 0.6) is 0 Å². The van der Waals surface area contributed by atoms with Crippen molar-refractivity contribution in [2.45, 2.75) is 51.4 Å². The fourth-order valence-electron chi connectivity index (χ4n) is 2.36. The number of hydrogen-bond acceptors (Lipinski definition) is 1. The Kier molecular flexibility index (Phi) is 2.29. The third-order valence-corrected chi connectivity index (χ3v) is 3.05. The molecule has 0 aromatic heterocycles. The number of hydrogen-bond donors (Lipinski definition) is 0. The van der Waals surface area contributed by atoms with Crippen molar-refractivity contribution in [2.75, 3.05) is 0 Å². The number of rotatable bonds is 0. The first-order valence-corrected chi connectivity index (χ1v) is 5.12. The molecule has 2 aliphatic rings. The van der Waals surface area contributed by atoms with Gasteiger partial charge in [-0.1, -0.05) is 5.57 Å². The number of allylic oxidation sites excluding steroid dienone is 2. The molecule has 0 heterocycles. The lowest BCUT2D eigenvalue weighted by atomic mass is 9.89. The zero-order valence-electron chi connectivity index (χ0n) is 7.57. The minimum absolute atomic E-state index is 0.457. The molecule has 0 unspecified atom stereocenters. The monoisotopic (exact) mass is 164 g/mol. The molecule has 0 aromatic rings. The van der Waals surface area contributed by atoms with E-state index in [2.05, 4.69) is 0 Å². The third-order valence-electron chi connectivity index (χ3n) is 3.05. The van der Waals surface area contributed by atoms with E-state index >= 15 is 0 Å². The highest BCUT2D eigenvalue weighted by molar-refractivity contribution is 5.96. The Morgan fingerprint density at radius 2 is 1.33 bits per heavy atom. The standard InChI is InChI=1S/C11H16O/c12-11-8-4-3-7-10(11)9-5-1-2-6-9/h1-8H2. The molecular weight excluding hydrogens is 148 g/mol. The molecule has 2 aliphatic carbocycles. The summed E-state index contributed by atoms with van der Waals surface area (Å²) in [6, 6.07) is 0. The normalized spacial score (nSPS) is 25.2. The molecule has 0 amide bonds. The van der Waals surface area contributed by atoms with Gasteiger partial charge in [0.2, 0.25) is 0 Å². The maximum atomic E-state index is 11.5. The van der Waals surface area contributed by atoms with E-state index in [0.29, 0.717) is 5.78 Å². The molecule has 0 atom stereocenters. The van der Waals surface area contributed by atoms with Crippen LogP contribution < -0.4 is 0 Å². The average Bonchev–Trinajstić information content (AvgIpc) is 2.57. The van der Waals surface area contributed by atoms with Crippen LogP contribution in [-0.4, -0.2) is 5.78 Å². The summed E-state index contributed by atoms with van der Waals surface area (Å²) in [7, 11) is 0. The third kappa shape index (κ3) is 1.45. The lowest BCUT2D eigenvalue weighted by Crippen LogP contribution is -2.10. The van der Waals surface area contributed by atoms with Gasteiger partial charge in [-0.25, -0.2) is 0 Å². The van der Waals surface area contributed by atoms with Crippen molar-refractivity contribution in [3.05, 3.63) is 11.1 Å². The number of carbonyl (C=O) groups is 1. The summed E-state index contributed by atoms with van der Waals surface area (Å²) in [5.41, 5.74) is 2.72. The Bertz CT molecular complexity index is 217. The van der Waals surface area contributed by atoms with Gasteiger partial charge in [0.15, 0.2) is 5.78 Å². The van der Waals surface area contributed by atoms with Gasteiger partial charge < -0.3 is 0 Å². The Labute approximate surface area is 73.8 Å². The summed E-state index contributed by atoms with van der Waals surface area (Å²) in [6.07, 6.45) is 9.30. The first-order chi connectivity index (χ1) is 5.88. The van der Waals surface area contributed by atoms with E-state index in [-0.39, 0.29) is 0 Å². The van der Waals surface area contributed by atoms with E-state index in [1.807, 2.05) is 0 Å². The van der Waals surface area contributed by atoms with Crippen molar-refractivity contribution >= 4 is 5.78 Å². The van der Waals surface area contributed by atoms with Crippen molar-refractivity contribution in [3.63, 3.8) is 0 Å². The van der Waals surface area contributed by atoms with Crippen LogP contribution in [0.4, 0.5) is 0 Å². The van der Waals surface area contributed by atoms with Crippen LogP contribution in [0.1, 0.15) is 51.4 Å². The summed E-state index contributed by atoms with van der Waals surface area (Å²) in [4.78, 5) is 11.5. The second kappa shape index (κ2) is 3.42. The maximum absolute atomic E-state index is 11.5. The van der Waals surface area contributed by atoms with Crippen molar-refractivity contribution in [2.24, 2.45) is 0 Å². The van der Waals surface area contributed by atoms with E-state index in [0.717, 1.165) is 19.3 Å².